The normalized spacial score (nSPS) is 11.1. The zero-order valence-electron chi connectivity index (χ0n) is 34.3. The van der Waals surface area contributed by atoms with Gasteiger partial charge in [0.05, 0.1) is 98.9 Å². The second-order valence-electron chi connectivity index (χ2n) is 8.08. The van der Waals surface area contributed by atoms with Gasteiger partial charge in [-0.1, -0.05) is 0 Å². The molecule has 358 valence electrons. The van der Waals surface area contributed by atoms with E-state index in [1.165, 1.54) is 0 Å². The molecule has 0 heterocycles. The van der Waals surface area contributed by atoms with Crippen LogP contribution in [0.5, 0.6) is 0 Å². The molecule has 0 fully saturated rings. The van der Waals surface area contributed by atoms with E-state index in [0.29, 0.717) is 0 Å². The topological polar surface area (TPSA) is 597 Å². The van der Waals surface area contributed by atoms with E-state index in [-0.39, 0.29) is 93.0 Å². The van der Waals surface area contributed by atoms with Crippen LogP contribution in [0.4, 0.5) is 0 Å². The molecule has 0 aromatic carbocycles. The summed E-state index contributed by atoms with van der Waals surface area (Å²) in [5.74, 6) is -4.61. The van der Waals surface area contributed by atoms with E-state index < -0.39 is 180 Å². The molecule has 0 rings (SSSR count). The summed E-state index contributed by atoms with van der Waals surface area (Å²) in [6, 6.07) is 0. The monoisotopic (exact) mass is 1080 g/mol. The van der Waals surface area contributed by atoms with Crippen molar-refractivity contribution < 1.29 is 238 Å². The zero-order chi connectivity index (χ0) is 47.3. The van der Waals surface area contributed by atoms with Gasteiger partial charge < -0.3 is 45.1 Å². The minimum Gasteiger partial charge on any atom is -1.00 e. The maximum atomic E-state index is 9.63. The number of aliphatic hydroxyl groups is 8. The number of rotatable bonds is 16. The fourth-order valence-corrected chi connectivity index (χ4v) is 2.77. The Morgan fingerprint density at radius 2 is 0.254 bits per heavy atom. The van der Waals surface area contributed by atoms with Gasteiger partial charge in [0.15, 0.2) is 0 Å². The fraction of sp³-hybridized carbons (Fsp3) is 1.00. The average molecular weight is 1080 g/mol. The van der Waals surface area contributed by atoms with Crippen molar-refractivity contribution in [1.29, 1.82) is 0 Å². The minimum atomic E-state index is -3.92. The molecule has 0 saturated heterocycles. The average Bonchev–Trinajstić information content (AvgIpc) is 2.86. The predicted octanol–water partition coefficient (Wildman–Crippen LogP) is -17.7. The molecule has 0 aliphatic carbocycles. The Kier molecular flexibility index (Phi) is 71.3. The smallest absolute Gasteiger partial charge is 1.00 e. The summed E-state index contributed by atoms with van der Waals surface area (Å²) < 4.78 is 217. The molecule has 32 nitrogen and oxygen atoms in total. The fourth-order valence-electron chi connectivity index (χ4n) is 0.923. The summed E-state index contributed by atoms with van der Waals surface area (Å²) in [5, 5.41) is 62.9. The van der Waals surface area contributed by atoms with Crippen molar-refractivity contribution in [2.24, 2.45) is 0 Å². The maximum absolute atomic E-state index is 9.63. The van der Waals surface area contributed by atoms with E-state index in [1.54, 1.807) is 0 Å². The molecule has 0 aliphatic rings. The van der Waals surface area contributed by atoms with Crippen LogP contribution in [-0.2, 0) is 80.9 Å². The van der Waals surface area contributed by atoms with Crippen LogP contribution in [0.25, 0.3) is 0 Å². The van der Waals surface area contributed by atoms with Gasteiger partial charge in [-0.2, -0.15) is 67.3 Å². The molecule has 0 amide bonds. The van der Waals surface area contributed by atoms with Crippen molar-refractivity contribution in [2.45, 2.75) is 0 Å². The first kappa shape index (κ1) is 87.8. The molecule has 0 aromatic rings. The Bertz CT molecular complexity index is 1420. The molecule has 59 heavy (non-hydrogen) atoms. The number of hydrogen-bond acceptors (Lipinski definition) is 24. The first-order chi connectivity index (χ1) is 24.5. The van der Waals surface area contributed by atoms with Crippen LogP contribution >= 0.6 is 0 Å². The van der Waals surface area contributed by atoms with Crippen LogP contribution in [-0.4, -0.2) is 243 Å². The summed E-state index contributed by atoms with van der Waals surface area (Å²) in [7, 11) is -31.4. The molecule has 16 N–H and O–H groups in total. The van der Waals surface area contributed by atoms with Crippen LogP contribution in [0.1, 0.15) is 4.28 Å². The van der Waals surface area contributed by atoms with Crippen molar-refractivity contribution in [3.8, 4) is 0 Å². The van der Waals surface area contributed by atoms with Gasteiger partial charge in [-0.15, -0.1) is 0 Å². The number of aliphatic hydroxyl groups excluding tert-OH is 8. The van der Waals surface area contributed by atoms with Gasteiger partial charge in [0.1, 0.15) is 0 Å². The quantitative estimate of drug-likeness (QED) is 0.0504. The Hall–Kier alpha value is 1.96. The first-order valence-electron chi connectivity index (χ1n) is 13.0. The SMILES string of the molecule is O=S(=O)(O)CCO.O=S(=O)(O)CCO.O=S(=O)(O)CCO.O=S(=O)(O)CCO.O=S(=O)(O)CCO.O=S(=O)(O)CCO.O=S(=O)(O)CCO.O=S(=O)(O)CCO.[H-].[H-].[H-].[Na+].[Na+].[Na+]. The van der Waals surface area contributed by atoms with Gasteiger partial charge >= 0.3 is 88.7 Å². The Balaban J connectivity index is -0.0000000349. The third kappa shape index (κ3) is 175. The second kappa shape index (κ2) is 47.9. The molecule has 0 spiro atoms. The summed E-state index contributed by atoms with van der Waals surface area (Å²) in [5.41, 5.74) is 0. The van der Waals surface area contributed by atoms with Crippen LogP contribution in [0.2, 0.25) is 0 Å². The van der Waals surface area contributed by atoms with Crippen molar-refractivity contribution >= 4 is 80.9 Å². The van der Waals surface area contributed by atoms with E-state index in [0.717, 1.165) is 0 Å². The molecular weight excluding hydrogens is 1030 g/mol. The summed E-state index contributed by atoms with van der Waals surface area (Å²) >= 11 is 0. The van der Waals surface area contributed by atoms with Crippen LogP contribution < -0.4 is 88.7 Å². The van der Waals surface area contributed by atoms with E-state index in [1.807, 2.05) is 0 Å². The van der Waals surface area contributed by atoms with Gasteiger partial charge in [-0.05, 0) is 0 Å². The number of hydrogen-bond donors (Lipinski definition) is 16. The van der Waals surface area contributed by atoms with Crippen molar-refractivity contribution in [1.82, 2.24) is 0 Å². The standard InChI is InChI=1S/8C2H6O4S.3Na.3H/c8*3-1-2-7(4,5)6;;;;;;/h8*3H,1-2H2,(H,4,5,6);;;;;;/q;;;;;;;;3*+1;3*-1. The minimum absolute atomic E-state index is 0. The largest absolute Gasteiger partial charge is 1.00 e. The van der Waals surface area contributed by atoms with Crippen molar-refractivity contribution in [2.75, 3.05) is 98.9 Å². The summed E-state index contributed by atoms with van der Waals surface area (Å²) in [6.07, 6.45) is 0. The van der Waals surface area contributed by atoms with Crippen LogP contribution in [0.3, 0.4) is 0 Å². The first-order valence-corrected chi connectivity index (χ1v) is 25.8. The molecule has 0 saturated carbocycles. The molecule has 0 bridgehead atoms. The second-order valence-corrected chi connectivity index (χ2v) is 20.7. The van der Waals surface area contributed by atoms with Crippen molar-refractivity contribution in [3.05, 3.63) is 0 Å². The Morgan fingerprint density at radius 3 is 0.254 bits per heavy atom. The molecule has 43 heteroatoms. The van der Waals surface area contributed by atoms with Crippen molar-refractivity contribution in [3.63, 3.8) is 0 Å². The van der Waals surface area contributed by atoms with Gasteiger partial charge in [0.25, 0.3) is 80.9 Å². The third-order valence-electron chi connectivity index (χ3n) is 2.79. The van der Waals surface area contributed by atoms with Gasteiger partial charge in [-0.3, -0.25) is 36.4 Å². The third-order valence-corrected chi connectivity index (χ3v) is 8.38. The molecule has 0 unspecified atom stereocenters. The predicted molar refractivity (Wildman–Crippen MR) is 191 cm³/mol. The molecule has 0 atom stereocenters. The molecule has 0 radical (unpaired) electrons. The Labute approximate surface area is 412 Å². The molecular formula is C16H51Na3O32S8. The van der Waals surface area contributed by atoms with E-state index >= 15 is 0 Å². The maximum Gasteiger partial charge on any atom is 1.00 e. The summed E-state index contributed by atoms with van der Waals surface area (Å²) in [4.78, 5) is 0. The van der Waals surface area contributed by atoms with E-state index in [4.69, 9.17) is 77.3 Å². The van der Waals surface area contributed by atoms with Crippen LogP contribution in [0, 0.1) is 0 Å². The van der Waals surface area contributed by atoms with E-state index in [2.05, 4.69) is 0 Å². The Morgan fingerprint density at radius 1 is 0.203 bits per heavy atom. The summed E-state index contributed by atoms with van der Waals surface area (Å²) in [6.45, 7) is -4.23. The molecule has 0 aliphatic heterocycles. The van der Waals surface area contributed by atoms with Crippen LogP contribution in [0.15, 0.2) is 0 Å². The van der Waals surface area contributed by atoms with Gasteiger partial charge in [0, 0.05) is 0 Å². The van der Waals surface area contributed by atoms with Gasteiger partial charge in [-0.25, -0.2) is 0 Å². The molecule has 0 aromatic heterocycles. The zero-order valence-corrected chi connectivity index (χ0v) is 43.8. The van der Waals surface area contributed by atoms with E-state index in [9.17, 15) is 67.3 Å². The van der Waals surface area contributed by atoms with Gasteiger partial charge in [0.2, 0.25) is 0 Å².